The molecule has 0 bridgehead atoms. The van der Waals surface area contributed by atoms with Gasteiger partial charge in [0, 0.05) is 5.56 Å². The molecule has 1 rings (SSSR count). The molecule has 8 heteroatoms. The van der Waals surface area contributed by atoms with Crippen molar-refractivity contribution in [1.29, 1.82) is 0 Å². The molecule has 0 spiro atoms. The molecule has 0 aromatic heterocycles. The lowest BCUT2D eigenvalue weighted by molar-refractivity contribution is -0.166. The first-order chi connectivity index (χ1) is 10.5. The molecule has 0 aliphatic rings. The minimum absolute atomic E-state index is 0. The zero-order chi connectivity index (χ0) is 16.5. The van der Waals surface area contributed by atoms with Gasteiger partial charge in [0.25, 0.3) is 6.10 Å². The van der Waals surface area contributed by atoms with Crippen molar-refractivity contribution in [2.24, 2.45) is 5.73 Å². The van der Waals surface area contributed by atoms with Crippen molar-refractivity contribution in [1.82, 2.24) is 0 Å². The van der Waals surface area contributed by atoms with Crippen LogP contribution < -0.4 is 10.5 Å². The summed E-state index contributed by atoms with van der Waals surface area (Å²) in [5, 5.41) is 0. The first kappa shape index (κ1) is 20.9. The van der Waals surface area contributed by atoms with Gasteiger partial charge in [0.15, 0.2) is 5.78 Å². The minimum atomic E-state index is -1.50. The van der Waals surface area contributed by atoms with Crippen molar-refractivity contribution < 1.29 is 28.6 Å². The van der Waals surface area contributed by atoms with Crippen LogP contribution in [-0.4, -0.2) is 43.6 Å². The second-order valence-electron chi connectivity index (χ2n) is 4.15. The molecule has 0 unspecified atom stereocenters. The quantitative estimate of drug-likeness (QED) is 0.427. The zero-order valence-corrected chi connectivity index (χ0v) is 13.8. The van der Waals surface area contributed by atoms with Crippen LogP contribution in [0.15, 0.2) is 24.3 Å². The fraction of sp³-hybridized carbons (Fsp3) is 0.400. The normalized spacial score (nSPS) is 9.74. The monoisotopic (exact) mass is 345 g/mol. The molecule has 0 atom stereocenters. The van der Waals surface area contributed by atoms with Crippen LogP contribution in [0.5, 0.6) is 5.75 Å². The Morgan fingerprint density at radius 2 is 1.48 bits per heavy atom. The van der Waals surface area contributed by atoms with Gasteiger partial charge in [-0.15, -0.1) is 12.4 Å². The first-order valence-corrected chi connectivity index (χ1v) is 6.86. The molecule has 7 nitrogen and oxygen atoms in total. The van der Waals surface area contributed by atoms with E-state index in [2.05, 4.69) is 0 Å². The van der Waals surface area contributed by atoms with Gasteiger partial charge in [0.2, 0.25) is 0 Å². The van der Waals surface area contributed by atoms with Gasteiger partial charge in [-0.2, -0.15) is 0 Å². The van der Waals surface area contributed by atoms with Crippen LogP contribution in [0.25, 0.3) is 0 Å². The van der Waals surface area contributed by atoms with Crippen LogP contribution in [0.1, 0.15) is 24.2 Å². The number of ketones is 1. The van der Waals surface area contributed by atoms with Crippen LogP contribution in [-0.2, 0) is 19.1 Å². The molecular weight excluding hydrogens is 326 g/mol. The summed E-state index contributed by atoms with van der Waals surface area (Å²) in [4.78, 5) is 35.0. The number of ether oxygens (including phenoxy) is 3. The maximum atomic E-state index is 11.8. The average molecular weight is 346 g/mol. The maximum absolute atomic E-state index is 11.8. The molecule has 0 aliphatic carbocycles. The Morgan fingerprint density at radius 3 is 1.87 bits per heavy atom. The number of hydrogen-bond acceptors (Lipinski definition) is 7. The second-order valence-corrected chi connectivity index (χ2v) is 4.15. The third kappa shape index (κ3) is 6.25. The van der Waals surface area contributed by atoms with E-state index in [0.29, 0.717) is 5.56 Å². The highest BCUT2D eigenvalue weighted by molar-refractivity contribution is 5.99. The van der Waals surface area contributed by atoms with Crippen molar-refractivity contribution in [3.8, 4) is 5.75 Å². The van der Waals surface area contributed by atoms with Gasteiger partial charge in [0.05, 0.1) is 19.8 Å². The Morgan fingerprint density at radius 1 is 1.00 bits per heavy atom. The Hall–Kier alpha value is -2.12. The summed E-state index contributed by atoms with van der Waals surface area (Å²) in [6, 6.07) is 5.93. The number of esters is 2. The Labute approximate surface area is 140 Å². The molecule has 1 aromatic rings. The predicted octanol–water partition coefficient (Wildman–Crippen LogP) is 1.12. The summed E-state index contributed by atoms with van der Waals surface area (Å²) in [6.45, 7) is 3.36. The fourth-order valence-electron chi connectivity index (χ4n) is 1.60. The Kier molecular flexibility index (Phi) is 9.60. The van der Waals surface area contributed by atoms with Gasteiger partial charge >= 0.3 is 11.9 Å². The van der Waals surface area contributed by atoms with Crippen molar-refractivity contribution >= 4 is 30.1 Å². The van der Waals surface area contributed by atoms with Crippen molar-refractivity contribution in [2.75, 3.05) is 19.8 Å². The zero-order valence-electron chi connectivity index (χ0n) is 12.9. The van der Waals surface area contributed by atoms with Crippen LogP contribution in [0.2, 0.25) is 0 Å². The number of halogens is 1. The van der Waals surface area contributed by atoms with Gasteiger partial charge in [-0.3, -0.25) is 4.79 Å². The molecule has 0 radical (unpaired) electrons. The van der Waals surface area contributed by atoms with Crippen LogP contribution >= 0.6 is 12.4 Å². The molecule has 0 aliphatic heterocycles. The molecule has 23 heavy (non-hydrogen) atoms. The number of carbonyl (C=O) groups excluding carboxylic acids is 3. The molecule has 0 saturated carbocycles. The summed E-state index contributed by atoms with van der Waals surface area (Å²) in [5.41, 5.74) is 5.68. The summed E-state index contributed by atoms with van der Waals surface area (Å²) in [6.07, 6.45) is -1.50. The first-order valence-electron chi connectivity index (χ1n) is 6.86. The standard InChI is InChI=1S/C15H19NO6.ClH/c1-3-20-14(18)13(15(19)21-4-2)22-11-7-5-10(6-8-11)12(17)9-16;/h5-8,13H,3-4,9,16H2,1-2H3;1H. The van der Waals surface area contributed by atoms with Crippen LogP contribution in [0.4, 0.5) is 0 Å². The van der Waals surface area contributed by atoms with E-state index in [0.717, 1.165) is 0 Å². The maximum Gasteiger partial charge on any atom is 0.359 e. The smallest absolute Gasteiger partial charge is 0.359 e. The van der Waals surface area contributed by atoms with Crippen molar-refractivity contribution in [2.45, 2.75) is 20.0 Å². The molecule has 0 heterocycles. The Balaban J connectivity index is 0.00000484. The van der Waals surface area contributed by atoms with Gasteiger partial charge < -0.3 is 19.9 Å². The number of hydrogen-bond donors (Lipinski definition) is 1. The number of Topliss-reactive ketones (excluding diaryl/α,β-unsaturated/α-hetero) is 1. The van der Waals surface area contributed by atoms with Crippen molar-refractivity contribution in [3.63, 3.8) is 0 Å². The van der Waals surface area contributed by atoms with Crippen LogP contribution in [0.3, 0.4) is 0 Å². The number of carbonyl (C=O) groups is 3. The molecule has 1 aromatic carbocycles. The third-order valence-corrected chi connectivity index (χ3v) is 2.62. The lowest BCUT2D eigenvalue weighted by atomic mass is 10.1. The minimum Gasteiger partial charge on any atom is -0.467 e. The SMILES string of the molecule is CCOC(=O)C(Oc1ccc(C(=O)CN)cc1)C(=O)OCC.Cl. The van der Waals surface area contributed by atoms with Crippen LogP contribution in [0, 0.1) is 0 Å². The topological polar surface area (TPSA) is 105 Å². The van der Waals surface area contributed by atoms with Gasteiger partial charge in [-0.05, 0) is 38.1 Å². The fourth-order valence-corrected chi connectivity index (χ4v) is 1.60. The van der Waals surface area contributed by atoms with Crippen molar-refractivity contribution in [3.05, 3.63) is 29.8 Å². The molecule has 0 amide bonds. The summed E-state index contributed by atoms with van der Waals surface area (Å²) >= 11 is 0. The third-order valence-electron chi connectivity index (χ3n) is 2.62. The van der Waals surface area contributed by atoms with E-state index in [-0.39, 0.29) is 43.7 Å². The number of nitrogens with two attached hydrogens (primary N) is 1. The number of rotatable bonds is 8. The summed E-state index contributed by atoms with van der Waals surface area (Å²) < 4.78 is 14.9. The van der Waals surface area contributed by atoms with E-state index >= 15 is 0 Å². The van der Waals surface area contributed by atoms with E-state index in [1.54, 1.807) is 13.8 Å². The lowest BCUT2D eigenvalue weighted by Crippen LogP contribution is -2.38. The van der Waals surface area contributed by atoms with E-state index in [1.807, 2.05) is 0 Å². The second kappa shape index (κ2) is 10.6. The largest absolute Gasteiger partial charge is 0.467 e. The summed E-state index contributed by atoms with van der Waals surface area (Å²) in [7, 11) is 0. The van der Waals surface area contributed by atoms with Gasteiger partial charge in [-0.25, -0.2) is 9.59 Å². The molecule has 128 valence electrons. The molecular formula is C15H20ClNO6. The Bertz CT molecular complexity index is 513. The molecule has 2 N–H and O–H groups in total. The number of benzene rings is 1. The molecule has 0 saturated heterocycles. The van der Waals surface area contributed by atoms with Gasteiger partial charge in [0.1, 0.15) is 5.75 Å². The van der Waals surface area contributed by atoms with E-state index in [4.69, 9.17) is 19.9 Å². The van der Waals surface area contributed by atoms with E-state index in [9.17, 15) is 14.4 Å². The highest BCUT2D eigenvalue weighted by atomic mass is 35.5. The van der Waals surface area contributed by atoms with E-state index < -0.39 is 18.0 Å². The van der Waals surface area contributed by atoms with E-state index in [1.165, 1.54) is 24.3 Å². The highest BCUT2D eigenvalue weighted by Gasteiger charge is 2.31. The summed E-state index contributed by atoms with van der Waals surface area (Å²) in [5.74, 6) is -1.65. The highest BCUT2D eigenvalue weighted by Crippen LogP contribution is 2.15. The lowest BCUT2D eigenvalue weighted by Gasteiger charge is -2.16. The predicted molar refractivity (Wildman–Crippen MR) is 84.8 cm³/mol. The average Bonchev–Trinajstić information content (AvgIpc) is 2.52. The van der Waals surface area contributed by atoms with Gasteiger partial charge in [-0.1, -0.05) is 0 Å². The molecule has 0 fully saturated rings.